The minimum absolute atomic E-state index is 0. The molecule has 23 heavy (non-hydrogen) atoms. The predicted molar refractivity (Wildman–Crippen MR) is 101 cm³/mol. The van der Waals surface area contributed by atoms with Gasteiger partial charge in [0.2, 0.25) is 0 Å². The van der Waals surface area contributed by atoms with Gasteiger partial charge in [0.15, 0.2) is 0 Å². The normalized spacial score (nSPS) is 11.3. The second-order valence-corrected chi connectivity index (χ2v) is 10.1. The molecule has 2 nitrogen and oxygen atoms in total. The van der Waals surface area contributed by atoms with E-state index in [4.69, 9.17) is 0 Å². The van der Waals surface area contributed by atoms with Gasteiger partial charge in [-0.15, -0.1) is 0 Å². The van der Waals surface area contributed by atoms with Crippen LogP contribution in [0, 0.1) is 0 Å². The molecule has 0 radical (unpaired) electrons. The van der Waals surface area contributed by atoms with E-state index in [1.54, 1.807) is 0 Å². The minimum Gasteiger partial charge on any atom is -0.548 e. The summed E-state index contributed by atoms with van der Waals surface area (Å²) < 4.78 is -1.03. The third kappa shape index (κ3) is 18.0. The third-order valence-electron chi connectivity index (χ3n) is 4.14. The summed E-state index contributed by atoms with van der Waals surface area (Å²) in [5.74, 6) is -1.08. The van der Waals surface area contributed by atoms with Crippen molar-refractivity contribution in [1.82, 2.24) is 0 Å². The topological polar surface area (TPSA) is 40.1 Å². The fourth-order valence-electron chi connectivity index (χ4n) is 2.64. The third-order valence-corrected chi connectivity index (χ3v) is 5.58. The number of carboxylic acid groups (broad SMARTS) is 1. The first-order valence-electron chi connectivity index (χ1n) is 9.10. The zero-order chi connectivity index (χ0) is 16.7. The largest absolute Gasteiger partial charge is 1.00 e. The molecule has 0 atom stereocenters. The fourth-order valence-corrected chi connectivity index (χ4v) is 3.20. The second-order valence-electron chi connectivity index (χ2n) is 6.34. The predicted octanol–water partition coefficient (Wildman–Crippen LogP) is 3.10. The summed E-state index contributed by atoms with van der Waals surface area (Å²) in [6.45, 7) is 2.26. The van der Waals surface area contributed by atoms with Crippen LogP contribution >= 0.6 is 31.9 Å². The standard InChI is InChI=1S/C18H34Br2O2.Na/c1-2-3-4-5-6-7-8-9-10-11-12-13-14-15-16-18(19,20)17(21)22;/h2-16H2,1H3,(H,21,22);/q;+1/p-1. The number of carboxylic acids is 1. The van der Waals surface area contributed by atoms with Gasteiger partial charge >= 0.3 is 29.6 Å². The second kappa shape index (κ2) is 18.2. The number of hydrogen-bond acceptors (Lipinski definition) is 2. The number of unbranched alkanes of at least 4 members (excludes halogenated alkanes) is 13. The SMILES string of the molecule is CCCCCCCCCCCCCCCCC(Br)(Br)C(=O)[O-].[Na+]. The van der Waals surface area contributed by atoms with Crippen LogP contribution in [0.15, 0.2) is 0 Å². The monoisotopic (exact) mass is 462 g/mol. The number of rotatable bonds is 16. The molecular formula is C18H33Br2NaO2. The summed E-state index contributed by atoms with van der Waals surface area (Å²) in [6, 6.07) is 0. The minimum atomic E-state index is -1.08. The van der Waals surface area contributed by atoms with Crippen LogP contribution in [-0.4, -0.2) is 9.20 Å². The van der Waals surface area contributed by atoms with E-state index in [1.165, 1.54) is 77.0 Å². The molecule has 0 aliphatic heterocycles. The van der Waals surface area contributed by atoms with E-state index in [2.05, 4.69) is 38.8 Å². The van der Waals surface area contributed by atoms with E-state index in [1.807, 2.05) is 0 Å². The number of carbonyl (C=O) groups excluding carboxylic acids is 1. The van der Waals surface area contributed by atoms with Crippen molar-refractivity contribution in [3.8, 4) is 0 Å². The Labute approximate surface area is 182 Å². The van der Waals surface area contributed by atoms with Crippen LogP contribution in [0.1, 0.15) is 103 Å². The van der Waals surface area contributed by atoms with E-state index in [0.29, 0.717) is 6.42 Å². The molecule has 0 N–H and O–H groups in total. The number of aliphatic carboxylic acids is 1. The molecule has 0 saturated carbocycles. The molecule has 0 aliphatic rings. The van der Waals surface area contributed by atoms with Crippen molar-refractivity contribution in [2.45, 2.75) is 106 Å². The van der Waals surface area contributed by atoms with Gasteiger partial charge in [-0.3, -0.25) is 0 Å². The van der Waals surface area contributed by atoms with Gasteiger partial charge < -0.3 is 9.90 Å². The van der Waals surface area contributed by atoms with Crippen LogP contribution in [-0.2, 0) is 4.79 Å². The number of hydrogen-bond donors (Lipinski definition) is 0. The first-order chi connectivity index (χ1) is 10.5. The Bertz CT molecular complexity index is 274. The molecule has 0 unspecified atom stereocenters. The molecule has 0 amide bonds. The van der Waals surface area contributed by atoms with Crippen LogP contribution in [0.5, 0.6) is 0 Å². The summed E-state index contributed by atoms with van der Waals surface area (Å²) in [5, 5.41) is 10.8. The number of alkyl halides is 2. The van der Waals surface area contributed by atoms with Gasteiger partial charge in [0.1, 0.15) is 3.23 Å². The zero-order valence-electron chi connectivity index (χ0n) is 15.2. The summed E-state index contributed by atoms with van der Waals surface area (Å²) >= 11 is 6.28. The van der Waals surface area contributed by atoms with Crippen LogP contribution in [0.25, 0.3) is 0 Å². The Morgan fingerprint density at radius 3 is 1.35 bits per heavy atom. The summed E-state index contributed by atoms with van der Waals surface area (Å²) in [4.78, 5) is 10.8. The smallest absolute Gasteiger partial charge is 0.548 e. The molecular weight excluding hydrogens is 431 g/mol. The first-order valence-corrected chi connectivity index (χ1v) is 10.7. The summed E-state index contributed by atoms with van der Waals surface area (Å²) in [7, 11) is 0. The average Bonchev–Trinajstić information content (AvgIpc) is 2.47. The van der Waals surface area contributed by atoms with Crippen molar-refractivity contribution in [2.24, 2.45) is 0 Å². The Hall–Kier alpha value is 1.43. The van der Waals surface area contributed by atoms with Crippen LogP contribution < -0.4 is 34.7 Å². The van der Waals surface area contributed by atoms with Gasteiger partial charge in [-0.05, 0) is 6.42 Å². The molecule has 5 heteroatoms. The Morgan fingerprint density at radius 2 is 1.04 bits per heavy atom. The Morgan fingerprint density at radius 1 is 0.739 bits per heavy atom. The van der Waals surface area contributed by atoms with E-state index in [-0.39, 0.29) is 29.6 Å². The van der Waals surface area contributed by atoms with Crippen LogP contribution in [0.3, 0.4) is 0 Å². The van der Waals surface area contributed by atoms with E-state index < -0.39 is 9.20 Å². The maximum atomic E-state index is 10.8. The van der Waals surface area contributed by atoms with Crippen molar-refractivity contribution in [1.29, 1.82) is 0 Å². The molecule has 0 bridgehead atoms. The van der Waals surface area contributed by atoms with Gasteiger partial charge in [0.25, 0.3) is 0 Å². The van der Waals surface area contributed by atoms with Crippen LogP contribution in [0.2, 0.25) is 0 Å². The van der Waals surface area contributed by atoms with Crippen molar-refractivity contribution in [3.05, 3.63) is 0 Å². The van der Waals surface area contributed by atoms with Crippen molar-refractivity contribution >= 4 is 37.8 Å². The van der Waals surface area contributed by atoms with Crippen molar-refractivity contribution in [3.63, 3.8) is 0 Å². The van der Waals surface area contributed by atoms with E-state index in [0.717, 1.165) is 12.8 Å². The summed E-state index contributed by atoms with van der Waals surface area (Å²) in [6.07, 6.45) is 18.9. The molecule has 0 rings (SSSR count). The van der Waals surface area contributed by atoms with Crippen molar-refractivity contribution in [2.75, 3.05) is 0 Å². The van der Waals surface area contributed by atoms with E-state index >= 15 is 0 Å². The molecule has 0 heterocycles. The average molecular weight is 464 g/mol. The number of carbonyl (C=O) groups is 1. The maximum absolute atomic E-state index is 10.8. The van der Waals surface area contributed by atoms with Crippen LogP contribution in [0.4, 0.5) is 0 Å². The van der Waals surface area contributed by atoms with Gasteiger partial charge in [-0.1, -0.05) is 129 Å². The van der Waals surface area contributed by atoms with Gasteiger partial charge in [0.05, 0.1) is 5.97 Å². The molecule has 0 aromatic rings. The molecule has 0 spiro atoms. The van der Waals surface area contributed by atoms with Gasteiger partial charge in [-0.25, -0.2) is 0 Å². The first kappa shape index (κ1) is 26.7. The van der Waals surface area contributed by atoms with Gasteiger partial charge in [-0.2, -0.15) is 0 Å². The molecule has 0 aromatic heterocycles. The molecule has 0 aromatic carbocycles. The van der Waals surface area contributed by atoms with Gasteiger partial charge in [0, 0.05) is 0 Å². The Kier molecular flexibility index (Phi) is 21.1. The molecule has 0 fully saturated rings. The molecule has 0 aliphatic carbocycles. The Balaban J connectivity index is 0. The van der Waals surface area contributed by atoms with Crippen molar-refractivity contribution < 1.29 is 39.5 Å². The molecule has 0 saturated heterocycles. The quantitative estimate of drug-likeness (QED) is 0.200. The zero-order valence-corrected chi connectivity index (χ0v) is 20.4. The fraction of sp³-hybridized carbons (Fsp3) is 0.944. The maximum Gasteiger partial charge on any atom is 1.00 e. The molecule has 132 valence electrons. The van der Waals surface area contributed by atoms with E-state index in [9.17, 15) is 9.90 Å². The number of halogens is 2. The summed E-state index contributed by atoms with van der Waals surface area (Å²) in [5.41, 5.74) is 0.